The second-order valence-electron chi connectivity index (χ2n) is 2.81. The summed E-state index contributed by atoms with van der Waals surface area (Å²) in [5.74, 6) is -0.405. The highest BCUT2D eigenvalue weighted by Gasteiger charge is 2.12. The Hall–Kier alpha value is -0.680. The number of hydrogen-bond acceptors (Lipinski definition) is 4. The molecule has 4 nitrogen and oxygen atoms in total. The Kier molecular flexibility index (Phi) is 4.87. The number of primary amides is 1. The van der Waals surface area contributed by atoms with Crippen LogP contribution < -0.4 is 11.5 Å². The number of carbonyl (C=O) groups is 1. The van der Waals surface area contributed by atoms with Crippen molar-refractivity contribution in [2.24, 2.45) is 11.5 Å². The van der Waals surface area contributed by atoms with Gasteiger partial charge in [0.1, 0.15) is 5.50 Å². The zero-order chi connectivity index (χ0) is 10.6. The van der Waals surface area contributed by atoms with E-state index >= 15 is 0 Å². The third-order valence-corrected chi connectivity index (χ3v) is 2.86. The van der Waals surface area contributed by atoms with E-state index in [1.165, 1.54) is 11.8 Å². The number of rotatable bonds is 4. The maximum atomic E-state index is 10.8. The van der Waals surface area contributed by atoms with Gasteiger partial charge in [0, 0.05) is 18.3 Å². The topological polar surface area (TPSA) is 72.3 Å². The summed E-state index contributed by atoms with van der Waals surface area (Å²) in [7, 11) is 1.84. The molecular weight excluding hydrogens is 186 g/mol. The van der Waals surface area contributed by atoms with Crippen molar-refractivity contribution in [3.8, 4) is 0 Å². The lowest BCUT2D eigenvalue weighted by Gasteiger charge is -2.26. The molecule has 4 N–H and O–H groups in total. The van der Waals surface area contributed by atoms with Crippen LogP contribution in [-0.2, 0) is 4.79 Å². The van der Waals surface area contributed by atoms with Gasteiger partial charge in [0.2, 0.25) is 5.91 Å². The van der Waals surface area contributed by atoms with E-state index in [-0.39, 0.29) is 5.50 Å². The molecule has 0 aliphatic heterocycles. The van der Waals surface area contributed by atoms with Crippen LogP contribution >= 0.6 is 11.8 Å². The molecule has 0 aliphatic carbocycles. The summed E-state index contributed by atoms with van der Waals surface area (Å²) in [5.41, 5.74) is 12.1. The first-order valence-electron chi connectivity index (χ1n) is 3.90. The molecule has 5 heteroatoms. The molecule has 0 aromatic rings. The van der Waals surface area contributed by atoms with E-state index in [0.717, 1.165) is 5.70 Å². The first-order chi connectivity index (χ1) is 5.91. The molecule has 0 radical (unpaired) electrons. The molecule has 0 heterocycles. The van der Waals surface area contributed by atoms with Crippen molar-refractivity contribution in [3.05, 3.63) is 11.3 Å². The van der Waals surface area contributed by atoms with Gasteiger partial charge in [-0.15, -0.1) is 11.8 Å². The molecule has 0 saturated heterocycles. The Bertz CT molecular complexity index is 227. The lowest BCUT2D eigenvalue weighted by atomic mass is 10.2. The Morgan fingerprint density at radius 3 is 2.23 bits per heavy atom. The van der Waals surface area contributed by atoms with Crippen LogP contribution in [0.3, 0.4) is 0 Å². The maximum Gasteiger partial charge on any atom is 0.246 e. The van der Waals surface area contributed by atoms with Crippen LogP contribution in [0, 0.1) is 0 Å². The lowest BCUT2D eigenvalue weighted by molar-refractivity contribution is -0.114. The molecule has 0 spiro atoms. The number of thioether (sulfide) groups is 1. The van der Waals surface area contributed by atoms with Crippen LogP contribution in [0.4, 0.5) is 0 Å². The zero-order valence-electron chi connectivity index (χ0n) is 8.50. The average Bonchev–Trinajstić information content (AvgIpc) is 2.12. The second kappa shape index (κ2) is 5.14. The Labute approximate surface area is 83.3 Å². The van der Waals surface area contributed by atoms with Crippen LogP contribution in [-0.4, -0.2) is 29.6 Å². The summed E-state index contributed by atoms with van der Waals surface area (Å²) in [6.07, 6.45) is 1.91. The number of nitrogens with zero attached hydrogens (tertiary/aromatic N) is 1. The predicted octanol–water partition coefficient (Wildman–Crippen LogP) is 0.303. The van der Waals surface area contributed by atoms with E-state index < -0.39 is 5.91 Å². The highest BCUT2D eigenvalue weighted by atomic mass is 32.2. The standard InChI is InChI=1S/C8H17N3OS/c1-5(7(9)12)6(2)11(3)8(10)13-4/h8H,10H2,1-4H3,(H2,9,12)/b6-5-/t8-/m1/s1. The molecule has 0 aliphatic rings. The molecule has 13 heavy (non-hydrogen) atoms. The maximum absolute atomic E-state index is 10.8. The van der Waals surface area contributed by atoms with Crippen LogP contribution in [0.2, 0.25) is 0 Å². The first kappa shape index (κ1) is 12.3. The summed E-state index contributed by atoms with van der Waals surface area (Å²) >= 11 is 1.51. The zero-order valence-corrected chi connectivity index (χ0v) is 9.31. The molecule has 1 atom stereocenters. The van der Waals surface area contributed by atoms with Crippen molar-refractivity contribution in [2.75, 3.05) is 13.3 Å². The van der Waals surface area contributed by atoms with Crippen molar-refractivity contribution < 1.29 is 4.79 Å². The van der Waals surface area contributed by atoms with Crippen LogP contribution in [0.5, 0.6) is 0 Å². The fourth-order valence-electron chi connectivity index (χ4n) is 0.792. The van der Waals surface area contributed by atoms with Gasteiger partial charge in [-0.25, -0.2) is 0 Å². The van der Waals surface area contributed by atoms with Crippen molar-refractivity contribution in [2.45, 2.75) is 19.3 Å². The minimum atomic E-state index is -0.405. The minimum Gasteiger partial charge on any atom is -0.366 e. The number of nitrogens with two attached hydrogens (primary N) is 2. The van der Waals surface area contributed by atoms with Gasteiger partial charge in [0.25, 0.3) is 0 Å². The summed E-state index contributed by atoms with van der Waals surface area (Å²) in [4.78, 5) is 12.7. The molecule has 0 bridgehead atoms. The summed E-state index contributed by atoms with van der Waals surface area (Å²) in [5, 5.41) is 0. The van der Waals surface area contributed by atoms with Crippen LogP contribution in [0.25, 0.3) is 0 Å². The Balaban J connectivity index is 4.66. The SMILES string of the molecule is CS[C@H](N)N(C)/C(C)=C(/C)C(N)=O. The van der Waals surface area contributed by atoms with Gasteiger partial charge in [0.05, 0.1) is 0 Å². The van der Waals surface area contributed by atoms with E-state index in [9.17, 15) is 4.79 Å². The molecule has 1 amide bonds. The predicted molar refractivity (Wildman–Crippen MR) is 56.8 cm³/mol. The number of amides is 1. The molecule has 0 saturated carbocycles. The molecule has 76 valence electrons. The Morgan fingerprint density at radius 2 is 1.92 bits per heavy atom. The third kappa shape index (κ3) is 3.28. The van der Waals surface area contributed by atoms with Gasteiger partial charge in [-0.05, 0) is 20.1 Å². The van der Waals surface area contributed by atoms with Crippen LogP contribution in [0.1, 0.15) is 13.8 Å². The fourth-order valence-corrected chi connectivity index (χ4v) is 1.27. The largest absolute Gasteiger partial charge is 0.366 e. The molecule has 0 rings (SSSR count). The Morgan fingerprint density at radius 1 is 1.46 bits per heavy atom. The van der Waals surface area contributed by atoms with E-state index in [4.69, 9.17) is 11.5 Å². The molecule has 0 aromatic carbocycles. The lowest BCUT2D eigenvalue weighted by Crippen LogP contribution is -2.36. The highest BCUT2D eigenvalue weighted by Crippen LogP contribution is 2.13. The van der Waals surface area contributed by atoms with Gasteiger partial charge in [0.15, 0.2) is 0 Å². The molecule has 0 aromatic heterocycles. The molecular formula is C8H17N3OS. The summed E-state index contributed by atoms with van der Waals surface area (Å²) < 4.78 is 0. The van der Waals surface area contributed by atoms with Crippen molar-refractivity contribution in [1.82, 2.24) is 4.90 Å². The van der Waals surface area contributed by atoms with Gasteiger partial charge in [-0.2, -0.15) is 0 Å². The van der Waals surface area contributed by atoms with E-state index in [2.05, 4.69) is 0 Å². The smallest absolute Gasteiger partial charge is 0.246 e. The number of carbonyl (C=O) groups excluding carboxylic acids is 1. The normalized spacial score (nSPS) is 14.8. The van der Waals surface area contributed by atoms with Gasteiger partial charge in [-0.3, -0.25) is 4.79 Å². The van der Waals surface area contributed by atoms with E-state index in [1.54, 1.807) is 6.92 Å². The van der Waals surface area contributed by atoms with E-state index in [0.29, 0.717) is 5.57 Å². The summed E-state index contributed by atoms with van der Waals surface area (Å²) in [6.45, 7) is 3.53. The number of hydrogen-bond donors (Lipinski definition) is 2. The third-order valence-electron chi connectivity index (χ3n) is 2.06. The molecule has 0 fully saturated rings. The van der Waals surface area contributed by atoms with E-state index in [1.807, 2.05) is 25.1 Å². The van der Waals surface area contributed by atoms with Gasteiger partial charge in [-0.1, -0.05) is 0 Å². The fraction of sp³-hybridized carbons (Fsp3) is 0.625. The van der Waals surface area contributed by atoms with Gasteiger partial charge < -0.3 is 16.4 Å². The average molecular weight is 203 g/mol. The minimum absolute atomic E-state index is 0.144. The quantitative estimate of drug-likeness (QED) is 0.509. The van der Waals surface area contributed by atoms with Crippen LogP contribution in [0.15, 0.2) is 11.3 Å². The monoisotopic (exact) mass is 203 g/mol. The number of allylic oxidation sites excluding steroid dienone is 1. The van der Waals surface area contributed by atoms with Crippen molar-refractivity contribution in [3.63, 3.8) is 0 Å². The van der Waals surface area contributed by atoms with Crippen molar-refractivity contribution in [1.29, 1.82) is 0 Å². The summed E-state index contributed by atoms with van der Waals surface area (Å²) in [6, 6.07) is 0. The van der Waals surface area contributed by atoms with Crippen molar-refractivity contribution >= 4 is 17.7 Å². The van der Waals surface area contributed by atoms with Gasteiger partial charge >= 0.3 is 0 Å². The molecule has 0 unspecified atom stereocenters. The first-order valence-corrected chi connectivity index (χ1v) is 5.19. The second-order valence-corrected chi connectivity index (χ2v) is 3.77. The highest BCUT2D eigenvalue weighted by molar-refractivity contribution is 7.99.